The van der Waals surface area contributed by atoms with Crippen LogP contribution in [0.15, 0.2) is 24.7 Å². The Balaban J connectivity index is 1.64. The van der Waals surface area contributed by atoms with E-state index in [1.54, 1.807) is 21.8 Å². The summed E-state index contributed by atoms with van der Waals surface area (Å²) in [5, 5.41) is 11.8. The summed E-state index contributed by atoms with van der Waals surface area (Å²) in [4.78, 5) is 8.07. The molecule has 3 heterocycles. The van der Waals surface area contributed by atoms with E-state index in [9.17, 15) is 13.2 Å². The van der Waals surface area contributed by atoms with Crippen LogP contribution in [0.1, 0.15) is 55.3 Å². The summed E-state index contributed by atoms with van der Waals surface area (Å²) < 4.78 is 43.3. The standard InChI is InChI=1S/C19H22F3N7/c1-11-14(10-29(27-11)18(2,3)15-7-8-24-28(15)4)25-17-23-9-13(19(20,21)22)16(26-17)12-5-6-12/h7-10,12H,5-6H2,1-4H3,(H,23,25,26). The Morgan fingerprint density at radius 1 is 1.21 bits per heavy atom. The molecule has 1 saturated carbocycles. The minimum absolute atomic E-state index is 0.0651. The molecule has 1 N–H and O–H groups in total. The molecule has 0 aliphatic heterocycles. The van der Waals surface area contributed by atoms with Gasteiger partial charge in [-0.05, 0) is 39.7 Å². The molecule has 0 aromatic carbocycles. The third kappa shape index (κ3) is 3.58. The van der Waals surface area contributed by atoms with Crippen LogP contribution in [-0.2, 0) is 18.8 Å². The van der Waals surface area contributed by atoms with E-state index >= 15 is 0 Å². The van der Waals surface area contributed by atoms with Crippen molar-refractivity contribution in [3.63, 3.8) is 0 Å². The second-order valence-corrected chi connectivity index (χ2v) is 7.86. The zero-order valence-electron chi connectivity index (χ0n) is 16.6. The molecule has 0 amide bonds. The Bertz CT molecular complexity index is 1040. The first-order valence-electron chi connectivity index (χ1n) is 9.33. The van der Waals surface area contributed by atoms with Crippen LogP contribution in [-0.4, -0.2) is 29.5 Å². The van der Waals surface area contributed by atoms with Gasteiger partial charge in [-0.1, -0.05) is 0 Å². The number of hydrogen-bond donors (Lipinski definition) is 1. The molecule has 1 fully saturated rings. The molecule has 29 heavy (non-hydrogen) atoms. The second kappa shape index (κ2) is 6.57. The lowest BCUT2D eigenvalue weighted by Crippen LogP contribution is -2.30. The Morgan fingerprint density at radius 2 is 1.93 bits per heavy atom. The van der Waals surface area contributed by atoms with Crippen LogP contribution in [0, 0.1) is 6.92 Å². The van der Waals surface area contributed by atoms with Crippen molar-refractivity contribution in [1.29, 1.82) is 0 Å². The van der Waals surface area contributed by atoms with Crippen LogP contribution < -0.4 is 5.32 Å². The van der Waals surface area contributed by atoms with Gasteiger partial charge in [-0.2, -0.15) is 23.4 Å². The monoisotopic (exact) mass is 405 g/mol. The Hall–Kier alpha value is -2.91. The molecule has 4 rings (SSSR count). The van der Waals surface area contributed by atoms with Crippen molar-refractivity contribution in [3.8, 4) is 0 Å². The average molecular weight is 405 g/mol. The third-order valence-corrected chi connectivity index (χ3v) is 5.25. The second-order valence-electron chi connectivity index (χ2n) is 7.86. The molecule has 0 spiro atoms. The molecular formula is C19H22F3N7. The van der Waals surface area contributed by atoms with Gasteiger partial charge in [0, 0.05) is 31.6 Å². The van der Waals surface area contributed by atoms with Crippen LogP contribution in [0.5, 0.6) is 0 Å². The van der Waals surface area contributed by atoms with E-state index in [0.717, 1.165) is 24.7 Å². The summed E-state index contributed by atoms with van der Waals surface area (Å²) in [6, 6.07) is 1.92. The van der Waals surface area contributed by atoms with Crippen LogP contribution >= 0.6 is 0 Å². The fraction of sp³-hybridized carbons (Fsp3) is 0.474. The fourth-order valence-corrected chi connectivity index (χ4v) is 3.42. The van der Waals surface area contributed by atoms with Gasteiger partial charge in [-0.3, -0.25) is 9.36 Å². The predicted octanol–water partition coefficient (Wildman–Crippen LogP) is 4.14. The first kappa shape index (κ1) is 19.4. The van der Waals surface area contributed by atoms with E-state index in [4.69, 9.17) is 0 Å². The number of nitrogens with zero attached hydrogens (tertiary/aromatic N) is 6. The largest absolute Gasteiger partial charge is 0.419 e. The Morgan fingerprint density at radius 3 is 2.52 bits per heavy atom. The van der Waals surface area contributed by atoms with E-state index < -0.39 is 17.3 Å². The Labute approximate surface area is 166 Å². The van der Waals surface area contributed by atoms with E-state index in [0.29, 0.717) is 11.4 Å². The average Bonchev–Trinajstić information content (AvgIpc) is 3.29. The summed E-state index contributed by atoms with van der Waals surface area (Å²) in [7, 11) is 1.86. The van der Waals surface area contributed by atoms with Crippen molar-refractivity contribution in [1.82, 2.24) is 29.5 Å². The van der Waals surface area contributed by atoms with Gasteiger partial charge in [0.05, 0.1) is 33.9 Å². The number of halogens is 3. The molecule has 3 aromatic heterocycles. The molecule has 3 aromatic rings. The van der Waals surface area contributed by atoms with Gasteiger partial charge in [0.2, 0.25) is 5.95 Å². The maximum Gasteiger partial charge on any atom is 0.419 e. The molecule has 1 aliphatic rings. The van der Waals surface area contributed by atoms with Gasteiger partial charge in [0.25, 0.3) is 0 Å². The van der Waals surface area contributed by atoms with E-state index in [1.165, 1.54) is 0 Å². The lowest BCUT2D eigenvalue weighted by Gasteiger charge is -2.25. The van der Waals surface area contributed by atoms with E-state index in [2.05, 4.69) is 25.5 Å². The number of alkyl halides is 3. The van der Waals surface area contributed by atoms with Crippen LogP contribution in [0.4, 0.5) is 24.8 Å². The van der Waals surface area contributed by atoms with Gasteiger partial charge in [-0.25, -0.2) is 9.97 Å². The first-order chi connectivity index (χ1) is 13.6. The highest BCUT2D eigenvalue weighted by Crippen LogP contribution is 2.45. The van der Waals surface area contributed by atoms with Crippen molar-refractivity contribution in [2.24, 2.45) is 7.05 Å². The number of rotatable bonds is 5. The molecule has 1 aliphatic carbocycles. The summed E-state index contributed by atoms with van der Waals surface area (Å²) in [6.07, 6.45) is 1.37. The summed E-state index contributed by atoms with van der Waals surface area (Å²) in [6.45, 7) is 5.85. The summed E-state index contributed by atoms with van der Waals surface area (Å²) in [5.41, 5.74) is 1.13. The van der Waals surface area contributed by atoms with Crippen LogP contribution in [0.25, 0.3) is 0 Å². The minimum Gasteiger partial charge on any atom is -0.321 e. The predicted molar refractivity (Wildman–Crippen MR) is 101 cm³/mol. The topological polar surface area (TPSA) is 73.5 Å². The summed E-state index contributed by atoms with van der Waals surface area (Å²) >= 11 is 0. The van der Waals surface area contributed by atoms with E-state index in [-0.39, 0.29) is 17.6 Å². The van der Waals surface area contributed by atoms with Gasteiger partial charge in [0.15, 0.2) is 0 Å². The summed E-state index contributed by atoms with van der Waals surface area (Å²) in [5.74, 6) is -0.0105. The van der Waals surface area contributed by atoms with Gasteiger partial charge < -0.3 is 5.32 Å². The van der Waals surface area contributed by atoms with Crippen molar-refractivity contribution < 1.29 is 13.2 Å². The molecule has 154 valence electrons. The number of aromatic nitrogens is 6. The number of nitrogens with one attached hydrogen (secondary N) is 1. The number of hydrogen-bond acceptors (Lipinski definition) is 5. The van der Waals surface area contributed by atoms with Crippen molar-refractivity contribution >= 4 is 11.6 Å². The zero-order valence-corrected chi connectivity index (χ0v) is 16.6. The van der Waals surface area contributed by atoms with Crippen molar-refractivity contribution in [2.75, 3.05) is 5.32 Å². The quantitative estimate of drug-likeness (QED) is 0.691. The fourth-order valence-electron chi connectivity index (χ4n) is 3.42. The Kier molecular flexibility index (Phi) is 4.39. The molecule has 0 atom stereocenters. The molecule has 0 unspecified atom stereocenters. The molecular weight excluding hydrogens is 383 g/mol. The van der Waals surface area contributed by atoms with E-state index in [1.807, 2.05) is 33.9 Å². The highest BCUT2D eigenvalue weighted by Gasteiger charge is 2.40. The third-order valence-electron chi connectivity index (χ3n) is 5.25. The normalized spacial score (nSPS) is 15.0. The molecule has 0 radical (unpaired) electrons. The van der Waals surface area contributed by atoms with Crippen LogP contribution in [0.3, 0.4) is 0 Å². The van der Waals surface area contributed by atoms with Crippen molar-refractivity contribution in [2.45, 2.75) is 51.2 Å². The van der Waals surface area contributed by atoms with Crippen LogP contribution in [0.2, 0.25) is 0 Å². The van der Waals surface area contributed by atoms with Gasteiger partial charge in [0.1, 0.15) is 0 Å². The maximum absolute atomic E-state index is 13.2. The smallest absolute Gasteiger partial charge is 0.321 e. The first-order valence-corrected chi connectivity index (χ1v) is 9.33. The molecule has 0 saturated heterocycles. The van der Waals surface area contributed by atoms with Gasteiger partial charge >= 0.3 is 6.18 Å². The number of anilines is 2. The SMILES string of the molecule is Cc1nn(C(C)(C)c2ccnn2C)cc1Nc1ncc(C(F)(F)F)c(C2CC2)n1. The van der Waals surface area contributed by atoms with Crippen molar-refractivity contribution in [3.05, 3.63) is 47.3 Å². The minimum atomic E-state index is -4.45. The number of aryl methyl sites for hydroxylation is 2. The molecule has 0 bridgehead atoms. The molecule has 10 heteroatoms. The highest BCUT2D eigenvalue weighted by atomic mass is 19.4. The van der Waals surface area contributed by atoms with Gasteiger partial charge in [-0.15, -0.1) is 0 Å². The molecule has 7 nitrogen and oxygen atoms in total. The lowest BCUT2D eigenvalue weighted by atomic mass is 10.0. The highest BCUT2D eigenvalue weighted by molar-refractivity contribution is 5.55. The maximum atomic E-state index is 13.2. The lowest BCUT2D eigenvalue weighted by molar-refractivity contribution is -0.138. The zero-order chi connectivity index (χ0) is 21.0.